The summed E-state index contributed by atoms with van der Waals surface area (Å²) in [7, 11) is 0. The van der Waals surface area contributed by atoms with E-state index >= 15 is 0 Å². The van der Waals surface area contributed by atoms with E-state index in [0.29, 0.717) is 12.4 Å². The van der Waals surface area contributed by atoms with Crippen LogP contribution in [0.1, 0.15) is 18.9 Å². The quantitative estimate of drug-likeness (QED) is 0.884. The summed E-state index contributed by atoms with van der Waals surface area (Å²) in [5.74, 6) is 0.353. The Kier molecular flexibility index (Phi) is 3.63. The number of carbonyl (C=O) groups excluding carboxylic acids is 1. The van der Waals surface area contributed by atoms with Crippen LogP contribution in [0.15, 0.2) is 54.3 Å². The largest absolute Gasteiger partial charge is 0.493 e. The van der Waals surface area contributed by atoms with Gasteiger partial charge in [0, 0.05) is 6.42 Å². The van der Waals surface area contributed by atoms with Crippen molar-refractivity contribution < 1.29 is 14.6 Å². The molecule has 0 aliphatic heterocycles. The van der Waals surface area contributed by atoms with E-state index in [9.17, 15) is 9.90 Å². The second-order valence-electron chi connectivity index (χ2n) is 4.42. The number of rotatable bonds is 4. The van der Waals surface area contributed by atoms with Crippen LogP contribution in [0, 0.1) is 0 Å². The maximum atomic E-state index is 11.4. The van der Waals surface area contributed by atoms with E-state index in [0.717, 1.165) is 5.56 Å². The van der Waals surface area contributed by atoms with E-state index in [1.807, 2.05) is 30.3 Å². The van der Waals surface area contributed by atoms with Gasteiger partial charge < -0.3 is 9.84 Å². The normalized spacial score (nSPS) is 22.4. The summed E-state index contributed by atoms with van der Waals surface area (Å²) < 4.78 is 5.61. The lowest BCUT2D eigenvalue weighted by molar-refractivity contribution is -0.131. The molecule has 0 bridgehead atoms. The number of hydrogen-bond donors (Lipinski definition) is 1. The summed E-state index contributed by atoms with van der Waals surface area (Å²) in [6, 6.07) is 9.77. The highest BCUT2D eigenvalue weighted by molar-refractivity contribution is 5.87. The van der Waals surface area contributed by atoms with Gasteiger partial charge in [-0.2, -0.15) is 0 Å². The zero-order valence-corrected chi connectivity index (χ0v) is 10.3. The van der Waals surface area contributed by atoms with E-state index in [1.54, 1.807) is 12.2 Å². The summed E-state index contributed by atoms with van der Waals surface area (Å²) >= 11 is 0. The average Bonchev–Trinajstić information content (AvgIpc) is 2.38. The van der Waals surface area contributed by atoms with Crippen molar-refractivity contribution in [1.29, 1.82) is 0 Å². The monoisotopic (exact) mass is 244 g/mol. The molecule has 0 radical (unpaired) electrons. The Bertz CT molecular complexity index is 488. The Hall–Kier alpha value is -1.87. The number of allylic oxidation sites excluding steroid dienone is 2. The molecule has 1 aliphatic rings. The van der Waals surface area contributed by atoms with Gasteiger partial charge in [-0.3, -0.25) is 4.79 Å². The van der Waals surface area contributed by atoms with Crippen molar-refractivity contribution in [1.82, 2.24) is 0 Å². The highest BCUT2D eigenvalue weighted by Crippen LogP contribution is 2.25. The summed E-state index contributed by atoms with van der Waals surface area (Å²) in [6.45, 7) is 1.82. The molecule has 3 nitrogen and oxygen atoms in total. The molecule has 0 unspecified atom stereocenters. The molecule has 1 atom stereocenters. The predicted octanol–water partition coefficient (Wildman–Crippen LogP) is 2.37. The molecule has 3 heteroatoms. The number of Topliss-reactive ketones (excluding diaryl/α,β-unsaturated/α-hetero) is 1. The van der Waals surface area contributed by atoms with E-state index in [-0.39, 0.29) is 12.2 Å². The third-order valence-corrected chi connectivity index (χ3v) is 2.97. The van der Waals surface area contributed by atoms with Gasteiger partial charge in [-0.05, 0) is 24.6 Å². The zero-order valence-electron chi connectivity index (χ0n) is 10.3. The molecular formula is C15H16O3. The SMILES string of the molecule is CC(=O)[C@]1(O)C=CC=C(OCc2ccccc2)C1. The molecule has 0 fully saturated rings. The van der Waals surface area contributed by atoms with Crippen LogP contribution in [-0.4, -0.2) is 16.5 Å². The molecule has 0 aromatic heterocycles. The summed E-state index contributed by atoms with van der Waals surface area (Å²) in [4.78, 5) is 11.4. The fraction of sp³-hybridized carbons (Fsp3) is 0.267. The molecule has 0 spiro atoms. The van der Waals surface area contributed by atoms with Crippen LogP contribution < -0.4 is 0 Å². The van der Waals surface area contributed by atoms with Gasteiger partial charge in [0.25, 0.3) is 0 Å². The van der Waals surface area contributed by atoms with Crippen LogP contribution in [0.5, 0.6) is 0 Å². The molecule has 1 aromatic rings. The highest BCUT2D eigenvalue weighted by Gasteiger charge is 2.32. The van der Waals surface area contributed by atoms with Gasteiger partial charge in [0.2, 0.25) is 0 Å². The first-order valence-electron chi connectivity index (χ1n) is 5.89. The van der Waals surface area contributed by atoms with Crippen LogP contribution in [0.2, 0.25) is 0 Å². The second kappa shape index (κ2) is 5.19. The van der Waals surface area contributed by atoms with Gasteiger partial charge in [0.15, 0.2) is 5.78 Å². The van der Waals surface area contributed by atoms with Gasteiger partial charge >= 0.3 is 0 Å². The van der Waals surface area contributed by atoms with Gasteiger partial charge in [0.1, 0.15) is 18.0 Å². The molecule has 2 rings (SSSR count). The van der Waals surface area contributed by atoms with E-state index < -0.39 is 5.60 Å². The molecule has 0 heterocycles. The number of carbonyl (C=O) groups is 1. The standard InChI is InChI=1S/C15H16O3/c1-12(16)15(17)9-5-8-14(10-15)18-11-13-6-3-2-4-7-13/h2-9,17H,10-11H2,1H3/t15-/m0/s1. The van der Waals surface area contributed by atoms with Crippen LogP contribution >= 0.6 is 0 Å². The van der Waals surface area contributed by atoms with Crippen LogP contribution in [0.3, 0.4) is 0 Å². The minimum absolute atomic E-state index is 0.200. The third-order valence-electron chi connectivity index (χ3n) is 2.97. The Morgan fingerprint density at radius 2 is 2.11 bits per heavy atom. The van der Waals surface area contributed by atoms with Gasteiger partial charge in [-0.25, -0.2) is 0 Å². The van der Waals surface area contributed by atoms with Crippen molar-refractivity contribution in [3.05, 3.63) is 59.9 Å². The van der Waals surface area contributed by atoms with Crippen LogP contribution in [0.25, 0.3) is 0 Å². The van der Waals surface area contributed by atoms with Crippen LogP contribution in [0.4, 0.5) is 0 Å². The molecular weight excluding hydrogens is 228 g/mol. The number of ketones is 1. The molecule has 18 heavy (non-hydrogen) atoms. The van der Waals surface area contributed by atoms with E-state index in [4.69, 9.17) is 4.74 Å². The summed E-state index contributed by atoms with van der Waals surface area (Å²) in [5, 5.41) is 10.1. The minimum Gasteiger partial charge on any atom is -0.493 e. The molecule has 94 valence electrons. The Morgan fingerprint density at radius 1 is 1.39 bits per heavy atom. The van der Waals surface area contributed by atoms with Crippen molar-refractivity contribution in [2.75, 3.05) is 0 Å². The number of aliphatic hydroxyl groups is 1. The number of benzene rings is 1. The van der Waals surface area contributed by atoms with Crippen molar-refractivity contribution in [3.8, 4) is 0 Å². The van der Waals surface area contributed by atoms with Crippen LogP contribution in [-0.2, 0) is 16.1 Å². The van der Waals surface area contributed by atoms with Crippen molar-refractivity contribution in [3.63, 3.8) is 0 Å². The molecule has 1 aliphatic carbocycles. The fourth-order valence-electron chi connectivity index (χ4n) is 1.79. The zero-order chi connectivity index (χ0) is 13.0. The first-order valence-corrected chi connectivity index (χ1v) is 5.89. The highest BCUT2D eigenvalue weighted by atomic mass is 16.5. The number of hydrogen-bond acceptors (Lipinski definition) is 3. The van der Waals surface area contributed by atoms with E-state index in [1.165, 1.54) is 13.0 Å². The minimum atomic E-state index is -1.42. The Balaban J connectivity index is 1.97. The first kappa shape index (κ1) is 12.6. The molecule has 0 amide bonds. The maximum Gasteiger partial charge on any atom is 0.165 e. The van der Waals surface area contributed by atoms with Gasteiger partial charge in [0.05, 0.1) is 0 Å². The lowest BCUT2D eigenvalue weighted by Gasteiger charge is -2.25. The van der Waals surface area contributed by atoms with E-state index in [2.05, 4.69) is 0 Å². The number of ether oxygens (including phenoxy) is 1. The fourth-order valence-corrected chi connectivity index (χ4v) is 1.79. The van der Waals surface area contributed by atoms with Gasteiger partial charge in [-0.1, -0.05) is 36.4 Å². The lowest BCUT2D eigenvalue weighted by Crippen LogP contribution is -2.36. The third kappa shape index (κ3) is 2.87. The first-order chi connectivity index (χ1) is 8.60. The lowest BCUT2D eigenvalue weighted by atomic mass is 9.90. The Labute approximate surface area is 106 Å². The topological polar surface area (TPSA) is 46.5 Å². The second-order valence-corrected chi connectivity index (χ2v) is 4.42. The summed E-state index contributed by atoms with van der Waals surface area (Å²) in [5.41, 5.74) is -0.361. The maximum absolute atomic E-state index is 11.4. The van der Waals surface area contributed by atoms with Gasteiger partial charge in [-0.15, -0.1) is 0 Å². The average molecular weight is 244 g/mol. The van der Waals surface area contributed by atoms with Crippen molar-refractivity contribution in [2.24, 2.45) is 0 Å². The smallest absolute Gasteiger partial charge is 0.165 e. The molecule has 0 saturated carbocycles. The molecule has 1 N–H and O–H groups in total. The predicted molar refractivity (Wildman–Crippen MR) is 68.7 cm³/mol. The summed E-state index contributed by atoms with van der Waals surface area (Å²) in [6.07, 6.45) is 5.14. The van der Waals surface area contributed by atoms with Crippen molar-refractivity contribution >= 4 is 5.78 Å². The Morgan fingerprint density at radius 3 is 2.78 bits per heavy atom. The van der Waals surface area contributed by atoms with Crippen molar-refractivity contribution in [2.45, 2.75) is 25.6 Å². The molecule has 0 saturated heterocycles. The molecule has 1 aromatic carbocycles.